The van der Waals surface area contributed by atoms with E-state index in [0.717, 1.165) is 5.69 Å². The third kappa shape index (κ3) is 1.16. The minimum atomic E-state index is 1.16. The topological polar surface area (TPSA) is 17.8 Å². The van der Waals surface area contributed by atoms with Crippen molar-refractivity contribution in [1.29, 1.82) is 0 Å². The van der Waals surface area contributed by atoms with Crippen molar-refractivity contribution in [2.45, 2.75) is 20.8 Å². The molecule has 0 saturated carbocycles. The molecule has 47 valence electrons. The summed E-state index contributed by atoms with van der Waals surface area (Å²) < 4.78 is 2.00. The van der Waals surface area contributed by atoms with E-state index in [9.17, 15) is 0 Å². The van der Waals surface area contributed by atoms with Crippen molar-refractivity contribution in [3.8, 4) is 0 Å². The molecule has 1 aromatic heterocycles. The molecule has 0 aromatic carbocycles. The van der Waals surface area contributed by atoms with Gasteiger partial charge in [0.2, 0.25) is 0 Å². The summed E-state index contributed by atoms with van der Waals surface area (Å²) in [6.07, 6.45) is 0. The summed E-state index contributed by atoms with van der Waals surface area (Å²) in [7, 11) is 0. The number of hydrogen-bond acceptors (Lipinski definition) is 1. The van der Waals surface area contributed by atoms with Crippen LogP contribution in [-0.4, -0.2) is 7.72 Å². The van der Waals surface area contributed by atoms with E-state index in [4.69, 9.17) is 0 Å². The molecular formula is C6H9N2Zr. The molecule has 0 bridgehead atoms. The molecule has 9 heavy (non-hydrogen) atoms. The molecule has 0 aliphatic rings. The van der Waals surface area contributed by atoms with E-state index >= 15 is 0 Å². The van der Waals surface area contributed by atoms with Crippen LogP contribution in [0.5, 0.6) is 0 Å². The first-order chi connectivity index (χ1) is 4.13. The van der Waals surface area contributed by atoms with Crippen LogP contribution in [0.2, 0.25) is 0 Å². The minimum absolute atomic E-state index is 1.16. The predicted molar refractivity (Wildman–Crippen MR) is 31.8 cm³/mol. The molecule has 1 rings (SSSR count). The third-order valence-corrected chi connectivity index (χ3v) is 2.72. The van der Waals surface area contributed by atoms with E-state index in [2.05, 4.69) is 18.9 Å². The third-order valence-electron chi connectivity index (χ3n) is 1.65. The zero-order valence-electron chi connectivity index (χ0n) is 5.89. The Morgan fingerprint density at radius 1 is 1.33 bits per heavy atom. The van der Waals surface area contributed by atoms with Crippen molar-refractivity contribution in [3.63, 3.8) is 0 Å². The molecule has 0 aliphatic heterocycles. The molecule has 0 atom stereocenters. The van der Waals surface area contributed by atoms with Gasteiger partial charge in [-0.15, -0.1) is 0 Å². The van der Waals surface area contributed by atoms with E-state index in [1.807, 2.05) is 9.55 Å². The Kier molecular flexibility index (Phi) is 1.90. The van der Waals surface area contributed by atoms with Crippen LogP contribution < -0.4 is 0 Å². The summed E-state index contributed by atoms with van der Waals surface area (Å²) in [5, 5.41) is 4.27. The van der Waals surface area contributed by atoms with Crippen molar-refractivity contribution >= 4 is 0 Å². The van der Waals surface area contributed by atoms with Crippen LogP contribution in [0.1, 0.15) is 17.0 Å². The summed E-state index contributed by atoms with van der Waals surface area (Å²) in [5.41, 5.74) is 3.78. The first-order valence-electron chi connectivity index (χ1n) is 2.87. The standard InChI is InChI=1S/C6H9N2.Zr/c1-4-5(2)7-8-6(4)3;/h1-3H3;/q-1;+1. The van der Waals surface area contributed by atoms with Gasteiger partial charge in [0.25, 0.3) is 0 Å². The van der Waals surface area contributed by atoms with Crippen molar-refractivity contribution in [2.24, 2.45) is 0 Å². The summed E-state index contributed by atoms with van der Waals surface area (Å²) in [6.45, 7) is 6.26. The summed E-state index contributed by atoms with van der Waals surface area (Å²) >= 11 is 1.34. The Morgan fingerprint density at radius 3 is 2.00 bits per heavy atom. The average molecular weight is 200 g/mol. The van der Waals surface area contributed by atoms with Gasteiger partial charge >= 0.3 is 70.5 Å². The number of rotatable bonds is 0. The molecule has 0 saturated heterocycles. The normalized spacial score (nSPS) is 10.0. The molecule has 0 aliphatic carbocycles. The fraction of sp³-hybridized carbons (Fsp3) is 0.500. The van der Waals surface area contributed by atoms with Crippen molar-refractivity contribution < 1.29 is 25.0 Å². The molecule has 2 nitrogen and oxygen atoms in total. The van der Waals surface area contributed by atoms with Crippen LogP contribution in [0, 0.1) is 20.8 Å². The first kappa shape index (κ1) is 7.20. The zero-order chi connectivity index (χ0) is 7.02. The molecule has 0 fully saturated rings. The van der Waals surface area contributed by atoms with Gasteiger partial charge in [-0.2, -0.15) is 0 Å². The molecule has 3 heteroatoms. The Labute approximate surface area is 70.5 Å². The van der Waals surface area contributed by atoms with Gasteiger partial charge in [-0.1, -0.05) is 0 Å². The van der Waals surface area contributed by atoms with Crippen molar-refractivity contribution in [1.82, 2.24) is 7.72 Å². The van der Waals surface area contributed by atoms with Gasteiger partial charge in [0.15, 0.2) is 0 Å². The zero-order valence-corrected chi connectivity index (χ0v) is 8.35. The predicted octanol–water partition coefficient (Wildman–Crippen LogP) is 1.12. The summed E-state index contributed by atoms with van der Waals surface area (Å²) in [4.78, 5) is 0. The quantitative estimate of drug-likeness (QED) is 0.614. The van der Waals surface area contributed by atoms with E-state index in [0.29, 0.717) is 0 Å². The monoisotopic (exact) mass is 199 g/mol. The molecular weight excluding hydrogens is 191 g/mol. The van der Waals surface area contributed by atoms with Gasteiger partial charge in [0.1, 0.15) is 0 Å². The Morgan fingerprint density at radius 2 is 1.89 bits per heavy atom. The number of aromatic nitrogens is 2. The van der Waals surface area contributed by atoms with E-state index in [1.54, 1.807) is 0 Å². The second kappa shape index (κ2) is 2.38. The molecule has 0 amide bonds. The van der Waals surface area contributed by atoms with Crippen LogP contribution in [0.25, 0.3) is 0 Å². The van der Waals surface area contributed by atoms with Crippen LogP contribution in [0.15, 0.2) is 0 Å². The number of hydrogen-bond donors (Lipinski definition) is 0. The van der Waals surface area contributed by atoms with Crippen molar-refractivity contribution in [3.05, 3.63) is 17.0 Å². The average Bonchev–Trinajstić information content (AvgIpc) is 1.98. The van der Waals surface area contributed by atoms with E-state index in [1.165, 1.54) is 36.3 Å². The SMILES string of the molecule is Cc1n[n]([Zr])c(C)c1C. The van der Waals surface area contributed by atoms with Gasteiger partial charge in [-0.05, 0) is 0 Å². The maximum atomic E-state index is 4.27. The molecule has 0 spiro atoms. The van der Waals surface area contributed by atoms with Crippen LogP contribution in [-0.2, 0) is 25.0 Å². The van der Waals surface area contributed by atoms with Gasteiger partial charge in [0, 0.05) is 0 Å². The fourth-order valence-electron chi connectivity index (χ4n) is 0.721. The molecule has 0 radical (unpaired) electrons. The summed E-state index contributed by atoms with van der Waals surface area (Å²) in [6, 6.07) is 0. The van der Waals surface area contributed by atoms with Gasteiger partial charge in [0.05, 0.1) is 0 Å². The van der Waals surface area contributed by atoms with Crippen molar-refractivity contribution in [2.75, 3.05) is 0 Å². The van der Waals surface area contributed by atoms with E-state index < -0.39 is 0 Å². The molecule has 1 aromatic rings. The number of aryl methyl sites for hydroxylation is 1. The van der Waals surface area contributed by atoms with Crippen LogP contribution in [0.3, 0.4) is 0 Å². The first-order valence-corrected chi connectivity index (χ1v) is 3.97. The Bertz CT molecular complexity index is 205. The maximum absolute atomic E-state index is 4.27. The van der Waals surface area contributed by atoms with Gasteiger partial charge in [-0.25, -0.2) is 0 Å². The second-order valence-electron chi connectivity index (χ2n) is 2.21. The Balaban J connectivity index is 3.29. The molecule has 0 unspecified atom stereocenters. The Hall–Kier alpha value is 0.0931. The molecule has 1 heterocycles. The van der Waals surface area contributed by atoms with Gasteiger partial charge in [-0.3, -0.25) is 0 Å². The van der Waals surface area contributed by atoms with Gasteiger partial charge < -0.3 is 0 Å². The van der Waals surface area contributed by atoms with Crippen LogP contribution in [0.4, 0.5) is 0 Å². The molecule has 0 N–H and O–H groups in total. The van der Waals surface area contributed by atoms with Crippen LogP contribution >= 0.6 is 0 Å². The summed E-state index contributed by atoms with van der Waals surface area (Å²) in [5.74, 6) is 0. The second-order valence-corrected chi connectivity index (χ2v) is 3.25. The number of nitrogens with zero attached hydrogens (tertiary/aromatic N) is 2. The fourth-order valence-corrected chi connectivity index (χ4v) is 1.50. The van der Waals surface area contributed by atoms with E-state index in [-0.39, 0.29) is 0 Å².